The minimum atomic E-state index is -4.48. The number of methoxy groups -OCH3 is 1. The summed E-state index contributed by atoms with van der Waals surface area (Å²) in [5.74, 6) is 2.03. The highest BCUT2D eigenvalue weighted by Gasteiger charge is 2.31. The van der Waals surface area contributed by atoms with Crippen LogP contribution < -0.4 is 4.74 Å². The average molecular weight is 475 g/mol. The van der Waals surface area contributed by atoms with Gasteiger partial charge in [0.1, 0.15) is 5.75 Å². The van der Waals surface area contributed by atoms with Gasteiger partial charge in [-0.3, -0.25) is 4.57 Å². The van der Waals surface area contributed by atoms with Gasteiger partial charge in [0.05, 0.1) is 23.6 Å². The molecule has 0 unspecified atom stereocenters. The number of ether oxygens (including phenoxy) is 1. The maximum absolute atomic E-state index is 13.4. The number of aryl methyl sites for hydroxylation is 1. The number of halogens is 3. The lowest BCUT2D eigenvalue weighted by atomic mass is 10.1. The first-order chi connectivity index (χ1) is 15.8. The highest BCUT2D eigenvalue weighted by Crippen LogP contribution is 2.38. The molecule has 0 fully saturated rings. The molecule has 0 aliphatic rings. The molecule has 0 saturated carbocycles. The van der Waals surface area contributed by atoms with E-state index in [9.17, 15) is 13.2 Å². The van der Waals surface area contributed by atoms with Gasteiger partial charge in [-0.1, -0.05) is 29.9 Å². The Morgan fingerprint density at radius 2 is 1.88 bits per heavy atom. The maximum atomic E-state index is 13.4. The third kappa shape index (κ3) is 4.87. The van der Waals surface area contributed by atoms with Crippen molar-refractivity contribution in [3.05, 3.63) is 65.8 Å². The summed E-state index contributed by atoms with van der Waals surface area (Å²) in [4.78, 5) is 4.34. The molecular formula is C22H20F3N5O2S. The summed E-state index contributed by atoms with van der Waals surface area (Å²) in [6.07, 6.45) is -3.85. The lowest BCUT2D eigenvalue weighted by Crippen LogP contribution is -2.07. The molecular weight excluding hydrogens is 455 g/mol. The van der Waals surface area contributed by atoms with Crippen molar-refractivity contribution in [2.24, 2.45) is 0 Å². The Bertz CT molecular complexity index is 1240. The first kappa shape index (κ1) is 22.8. The number of alkyl halides is 3. The molecule has 0 saturated heterocycles. The number of thioether (sulfide) groups is 1. The quantitative estimate of drug-likeness (QED) is 0.315. The molecule has 0 aliphatic carbocycles. The van der Waals surface area contributed by atoms with Crippen LogP contribution in [0.25, 0.3) is 17.1 Å². The Morgan fingerprint density at radius 3 is 2.52 bits per heavy atom. The molecule has 4 rings (SSSR count). The first-order valence-electron chi connectivity index (χ1n) is 10.1. The van der Waals surface area contributed by atoms with Gasteiger partial charge in [0.15, 0.2) is 16.8 Å². The van der Waals surface area contributed by atoms with E-state index >= 15 is 0 Å². The summed E-state index contributed by atoms with van der Waals surface area (Å²) in [6.45, 7) is 3.77. The van der Waals surface area contributed by atoms with E-state index in [2.05, 4.69) is 20.3 Å². The molecule has 2 aromatic carbocycles. The van der Waals surface area contributed by atoms with E-state index in [-0.39, 0.29) is 10.9 Å². The molecule has 0 spiro atoms. The number of rotatable bonds is 7. The SMILES string of the molecule is CCc1noc([C@@H](C)Sc2nnc(-c3ccc(OC)cc3)n2-c2cccc(C(F)(F)F)c2)n1. The van der Waals surface area contributed by atoms with Crippen LogP contribution in [0.5, 0.6) is 5.75 Å². The van der Waals surface area contributed by atoms with Gasteiger partial charge in [-0.05, 0) is 49.4 Å². The molecule has 0 aliphatic heterocycles. The second kappa shape index (κ2) is 9.26. The van der Waals surface area contributed by atoms with E-state index in [0.717, 1.165) is 12.1 Å². The van der Waals surface area contributed by atoms with Crippen molar-refractivity contribution in [3.63, 3.8) is 0 Å². The number of nitrogens with zero attached hydrogens (tertiary/aromatic N) is 5. The Morgan fingerprint density at radius 1 is 1.12 bits per heavy atom. The number of aromatic nitrogens is 5. The molecule has 2 aromatic heterocycles. The highest BCUT2D eigenvalue weighted by molar-refractivity contribution is 7.99. The van der Waals surface area contributed by atoms with Crippen LogP contribution in [0.2, 0.25) is 0 Å². The Labute approximate surface area is 192 Å². The maximum Gasteiger partial charge on any atom is 0.416 e. The smallest absolute Gasteiger partial charge is 0.416 e. The van der Waals surface area contributed by atoms with E-state index in [1.807, 2.05) is 13.8 Å². The Balaban J connectivity index is 1.79. The van der Waals surface area contributed by atoms with Crippen molar-refractivity contribution in [1.82, 2.24) is 24.9 Å². The molecule has 0 bridgehead atoms. The van der Waals surface area contributed by atoms with Crippen molar-refractivity contribution in [3.8, 4) is 22.8 Å². The van der Waals surface area contributed by atoms with Gasteiger partial charge in [-0.25, -0.2) is 0 Å². The fraction of sp³-hybridized carbons (Fsp3) is 0.273. The Kier molecular flexibility index (Phi) is 6.41. The second-order valence-electron chi connectivity index (χ2n) is 7.08. The van der Waals surface area contributed by atoms with Crippen LogP contribution in [0, 0.1) is 0 Å². The summed E-state index contributed by atoms with van der Waals surface area (Å²) in [5, 5.41) is 12.6. The minimum Gasteiger partial charge on any atom is -0.497 e. The highest BCUT2D eigenvalue weighted by atomic mass is 32.2. The van der Waals surface area contributed by atoms with E-state index < -0.39 is 11.7 Å². The lowest BCUT2D eigenvalue weighted by Gasteiger charge is -2.14. The van der Waals surface area contributed by atoms with Crippen molar-refractivity contribution >= 4 is 11.8 Å². The van der Waals surface area contributed by atoms with Crippen LogP contribution in [0.3, 0.4) is 0 Å². The standard InChI is InChI=1S/C22H20F3N5O2S/c1-4-18-26-20(32-29-18)13(2)33-21-28-27-19(14-8-10-17(31-3)11-9-14)30(21)16-7-5-6-15(12-16)22(23,24)25/h5-13H,4H2,1-3H3/t13-/m1/s1. The topological polar surface area (TPSA) is 78.9 Å². The zero-order valence-electron chi connectivity index (χ0n) is 18.0. The predicted octanol–water partition coefficient (Wildman–Crippen LogP) is 5.76. The first-order valence-corrected chi connectivity index (χ1v) is 10.9. The number of hydrogen-bond donors (Lipinski definition) is 0. The van der Waals surface area contributed by atoms with Gasteiger partial charge in [0, 0.05) is 12.0 Å². The monoisotopic (exact) mass is 475 g/mol. The fourth-order valence-corrected chi connectivity index (χ4v) is 4.01. The molecule has 0 N–H and O–H groups in total. The zero-order valence-corrected chi connectivity index (χ0v) is 18.8. The van der Waals surface area contributed by atoms with Crippen molar-refractivity contribution in [2.45, 2.75) is 36.9 Å². The van der Waals surface area contributed by atoms with Gasteiger partial charge >= 0.3 is 6.18 Å². The summed E-state index contributed by atoms with van der Waals surface area (Å²) >= 11 is 1.27. The van der Waals surface area contributed by atoms with Crippen molar-refractivity contribution in [1.29, 1.82) is 0 Å². The molecule has 0 radical (unpaired) electrons. The minimum absolute atomic E-state index is 0.287. The normalized spacial score (nSPS) is 12.7. The van der Waals surface area contributed by atoms with Gasteiger partial charge in [-0.15, -0.1) is 10.2 Å². The largest absolute Gasteiger partial charge is 0.497 e. The van der Waals surface area contributed by atoms with Gasteiger partial charge in [-0.2, -0.15) is 18.2 Å². The summed E-state index contributed by atoms with van der Waals surface area (Å²) in [6, 6.07) is 12.1. The molecule has 7 nitrogen and oxygen atoms in total. The number of hydrogen-bond acceptors (Lipinski definition) is 7. The van der Waals surface area contributed by atoms with Gasteiger partial charge in [0.2, 0.25) is 5.89 Å². The molecule has 172 valence electrons. The molecule has 0 amide bonds. The van der Waals surface area contributed by atoms with Crippen LogP contribution in [0.15, 0.2) is 58.2 Å². The van der Waals surface area contributed by atoms with E-state index in [4.69, 9.17) is 9.26 Å². The van der Waals surface area contributed by atoms with E-state index in [1.54, 1.807) is 42.0 Å². The van der Waals surface area contributed by atoms with Gasteiger partial charge < -0.3 is 9.26 Å². The Hall–Kier alpha value is -3.34. The lowest BCUT2D eigenvalue weighted by molar-refractivity contribution is -0.137. The molecule has 11 heteroatoms. The van der Waals surface area contributed by atoms with Gasteiger partial charge in [0.25, 0.3) is 0 Å². The molecule has 2 heterocycles. The van der Waals surface area contributed by atoms with E-state index in [1.165, 1.54) is 17.8 Å². The van der Waals surface area contributed by atoms with E-state index in [0.29, 0.717) is 40.4 Å². The fourth-order valence-electron chi connectivity index (χ4n) is 3.11. The predicted molar refractivity (Wildman–Crippen MR) is 116 cm³/mol. The van der Waals surface area contributed by atoms with Crippen LogP contribution in [-0.4, -0.2) is 32.0 Å². The van der Waals surface area contributed by atoms with Crippen LogP contribution in [0.1, 0.15) is 36.4 Å². The molecule has 33 heavy (non-hydrogen) atoms. The van der Waals surface area contributed by atoms with Crippen molar-refractivity contribution < 1.29 is 22.4 Å². The summed E-state index contributed by atoms with van der Waals surface area (Å²) in [5.41, 5.74) is 0.198. The van der Waals surface area contributed by atoms with Crippen molar-refractivity contribution in [2.75, 3.05) is 7.11 Å². The second-order valence-corrected chi connectivity index (χ2v) is 8.39. The molecule has 4 aromatic rings. The summed E-state index contributed by atoms with van der Waals surface area (Å²) < 4.78 is 52.3. The third-order valence-electron chi connectivity index (χ3n) is 4.84. The summed E-state index contributed by atoms with van der Waals surface area (Å²) in [7, 11) is 1.55. The third-order valence-corrected chi connectivity index (χ3v) is 5.87. The molecule has 1 atom stereocenters. The van der Waals surface area contributed by atoms with Crippen LogP contribution >= 0.6 is 11.8 Å². The average Bonchev–Trinajstić information content (AvgIpc) is 3.46. The number of benzene rings is 2. The zero-order chi connectivity index (χ0) is 23.6. The van der Waals surface area contributed by atoms with Crippen LogP contribution in [0.4, 0.5) is 13.2 Å². The van der Waals surface area contributed by atoms with Crippen LogP contribution in [-0.2, 0) is 12.6 Å².